The lowest BCUT2D eigenvalue weighted by Crippen LogP contribution is -2.31. The van der Waals surface area contributed by atoms with E-state index in [0.717, 1.165) is 18.2 Å². The molecule has 0 bridgehead atoms. The van der Waals surface area contributed by atoms with Crippen molar-refractivity contribution in [1.82, 2.24) is 4.90 Å². The smallest absolute Gasteiger partial charge is 0.254 e. The van der Waals surface area contributed by atoms with Crippen LogP contribution in [0, 0.1) is 0 Å². The van der Waals surface area contributed by atoms with E-state index >= 15 is 0 Å². The van der Waals surface area contributed by atoms with Gasteiger partial charge in [-0.1, -0.05) is 43.3 Å². The molecule has 0 saturated heterocycles. The highest BCUT2D eigenvalue weighted by Crippen LogP contribution is 2.16. The van der Waals surface area contributed by atoms with Crippen LogP contribution >= 0.6 is 0 Å². The van der Waals surface area contributed by atoms with Crippen molar-refractivity contribution in [3.8, 4) is 0 Å². The number of anilines is 1. The molecule has 5 nitrogen and oxygen atoms in total. The monoisotopic (exact) mass is 346 g/mol. The van der Waals surface area contributed by atoms with Gasteiger partial charge < -0.3 is 4.90 Å². The summed E-state index contributed by atoms with van der Waals surface area (Å²) in [6.07, 6.45) is 1.93. The van der Waals surface area contributed by atoms with Crippen molar-refractivity contribution in [2.45, 2.75) is 19.9 Å². The molecule has 0 radical (unpaired) electrons. The second-order valence-corrected chi connectivity index (χ2v) is 7.42. The van der Waals surface area contributed by atoms with Gasteiger partial charge in [0, 0.05) is 24.3 Å². The maximum absolute atomic E-state index is 12.8. The van der Waals surface area contributed by atoms with Crippen molar-refractivity contribution < 1.29 is 13.2 Å². The molecule has 0 heterocycles. The van der Waals surface area contributed by atoms with Gasteiger partial charge in [-0.05, 0) is 30.2 Å². The van der Waals surface area contributed by atoms with Crippen LogP contribution in [0.5, 0.6) is 0 Å². The number of rotatable bonds is 7. The molecule has 0 aliphatic carbocycles. The first-order chi connectivity index (χ1) is 11.4. The molecule has 0 aliphatic heterocycles. The van der Waals surface area contributed by atoms with Crippen LogP contribution in [0.2, 0.25) is 0 Å². The first kappa shape index (κ1) is 18.0. The van der Waals surface area contributed by atoms with Crippen molar-refractivity contribution in [2.75, 3.05) is 17.5 Å². The zero-order valence-electron chi connectivity index (χ0n) is 13.9. The van der Waals surface area contributed by atoms with E-state index in [9.17, 15) is 13.2 Å². The van der Waals surface area contributed by atoms with Crippen molar-refractivity contribution in [1.29, 1.82) is 0 Å². The van der Waals surface area contributed by atoms with Crippen molar-refractivity contribution in [3.05, 3.63) is 65.7 Å². The van der Waals surface area contributed by atoms with Crippen LogP contribution in [0.3, 0.4) is 0 Å². The van der Waals surface area contributed by atoms with E-state index in [4.69, 9.17) is 0 Å². The molecule has 0 spiro atoms. The van der Waals surface area contributed by atoms with Gasteiger partial charge in [0.15, 0.2) is 0 Å². The average Bonchev–Trinajstić information content (AvgIpc) is 2.53. The predicted molar refractivity (Wildman–Crippen MR) is 96.4 cm³/mol. The van der Waals surface area contributed by atoms with Crippen molar-refractivity contribution in [3.63, 3.8) is 0 Å². The molecule has 2 rings (SSSR count). The van der Waals surface area contributed by atoms with Gasteiger partial charge >= 0.3 is 0 Å². The summed E-state index contributed by atoms with van der Waals surface area (Å²) >= 11 is 0. The van der Waals surface area contributed by atoms with Crippen LogP contribution in [0.25, 0.3) is 0 Å². The molecule has 0 aromatic heterocycles. The highest BCUT2D eigenvalue weighted by atomic mass is 32.2. The summed E-state index contributed by atoms with van der Waals surface area (Å²) in [6.45, 7) is 3.18. The molecular formula is C18H22N2O3S. The van der Waals surface area contributed by atoms with Gasteiger partial charge in [0.1, 0.15) is 0 Å². The summed E-state index contributed by atoms with van der Waals surface area (Å²) in [5, 5.41) is 0. The summed E-state index contributed by atoms with van der Waals surface area (Å²) in [5.74, 6) is -0.113. The minimum Gasteiger partial charge on any atom is -0.334 e. The summed E-state index contributed by atoms with van der Waals surface area (Å²) in [4.78, 5) is 14.6. The van der Waals surface area contributed by atoms with Crippen LogP contribution < -0.4 is 4.72 Å². The molecule has 2 aromatic rings. The van der Waals surface area contributed by atoms with Gasteiger partial charge in [-0.15, -0.1) is 0 Å². The Bertz CT molecular complexity index is 789. The standard InChI is InChI=1S/C18H22N2O3S/c1-3-12-20(14-15-8-5-4-6-9-15)18(21)16-10-7-11-17(13-16)19-24(2,22)23/h4-11,13,19H,3,12,14H2,1-2H3. The van der Waals surface area contributed by atoms with Gasteiger partial charge in [-0.25, -0.2) is 8.42 Å². The number of hydrogen-bond acceptors (Lipinski definition) is 3. The largest absolute Gasteiger partial charge is 0.334 e. The molecule has 1 N–H and O–H groups in total. The lowest BCUT2D eigenvalue weighted by molar-refractivity contribution is 0.0743. The number of sulfonamides is 1. The highest BCUT2D eigenvalue weighted by Gasteiger charge is 2.16. The topological polar surface area (TPSA) is 66.5 Å². The molecule has 0 aliphatic rings. The lowest BCUT2D eigenvalue weighted by atomic mass is 10.1. The molecule has 2 aromatic carbocycles. The van der Waals surface area contributed by atoms with Gasteiger partial charge in [-0.3, -0.25) is 9.52 Å². The van der Waals surface area contributed by atoms with Crippen LogP contribution in [0.1, 0.15) is 29.3 Å². The van der Waals surface area contributed by atoms with Gasteiger partial charge in [0.05, 0.1) is 6.26 Å². The molecule has 1 amide bonds. The van der Waals surface area contributed by atoms with E-state index in [1.807, 2.05) is 37.3 Å². The van der Waals surface area contributed by atoms with E-state index in [0.29, 0.717) is 24.3 Å². The summed E-state index contributed by atoms with van der Waals surface area (Å²) in [5.41, 5.74) is 1.91. The van der Waals surface area contributed by atoms with Crippen LogP contribution in [-0.4, -0.2) is 32.0 Å². The Hall–Kier alpha value is -2.34. The van der Waals surface area contributed by atoms with Crippen molar-refractivity contribution in [2.24, 2.45) is 0 Å². The minimum absolute atomic E-state index is 0.113. The first-order valence-electron chi connectivity index (χ1n) is 7.80. The zero-order chi connectivity index (χ0) is 17.6. The van der Waals surface area contributed by atoms with Gasteiger partial charge in [-0.2, -0.15) is 0 Å². The first-order valence-corrected chi connectivity index (χ1v) is 9.69. The maximum Gasteiger partial charge on any atom is 0.254 e. The fourth-order valence-corrected chi connectivity index (χ4v) is 2.99. The normalized spacial score (nSPS) is 11.1. The van der Waals surface area contributed by atoms with E-state index in [2.05, 4.69) is 4.72 Å². The third-order valence-electron chi connectivity index (χ3n) is 3.41. The van der Waals surface area contributed by atoms with Crippen LogP contribution in [0.15, 0.2) is 54.6 Å². The SMILES string of the molecule is CCCN(Cc1ccccc1)C(=O)c1cccc(NS(C)(=O)=O)c1. The Kier molecular flexibility index (Phi) is 5.98. The Morgan fingerprint density at radius 2 is 1.79 bits per heavy atom. The highest BCUT2D eigenvalue weighted by molar-refractivity contribution is 7.92. The Labute approximate surface area is 143 Å². The van der Waals surface area contributed by atoms with E-state index < -0.39 is 10.0 Å². The summed E-state index contributed by atoms with van der Waals surface area (Å²) in [7, 11) is -3.37. The van der Waals surface area contributed by atoms with Gasteiger partial charge in [0.25, 0.3) is 5.91 Å². The minimum atomic E-state index is -3.37. The Morgan fingerprint density at radius 1 is 1.08 bits per heavy atom. The third kappa shape index (κ3) is 5.38. The molecule has 0 saturated carbocycles. The number of hydrogen-bond donors (Lipinski definition) is 1. The second kappa shape index (κ2) is 7.97. The van der Waals surface area contributed by atoms with Crippen LogP contribution in [-0.2, 0) is 16.6 Å². The molecule has 24 heavy (non-hydrogen) atoms. The zero-order valence-corrected chi connectivity index (χ0v) is 14.7. The molecular weight excluding hydrogens is 324 g/mol. The number of carbonyl (C=O) groups excluding carboxylic acids is 1. The summed E-state index contributed by atoms with van der Waals surface area (Å²) in [6, 6.07) is 16.4. The molecule has 128 valence electrons. The number of amides is 1. The fraction of sp³-hybridized carbons (Fsp3) is 0.278. The maximum atomic E-state index is 12.8. The molecule has 0 atom stereocenters. The predicted octanol–water partition coefficient (Wildman–Crippen LogP) is 3.11. The third-order valence-corrected chi connectivity index (χ3v) is 4.02. The van der Waals surface area contributed by atoms with E-state index in [1.165, 1.54) is 0 Å². The fourth-order valence-electron chi connectivity index (χ4n) is 2.44. The van der Waals surface area contributed by atoms with E-state index in [1.54, 1.807) is 29.2 Å². The molecule has 6 heteroatoms. The number of carbonyl (C=O) groups is 1. The van der Waals surface area contributed by atoms with Crippen molar-refractivity contribution >= 4 is 21.6 Å². The van der Waals surface area contributed by atoms with E-state index in [-0.39, 0.29) is 5.91 Å². The lowest BCUT2D eigenvalue weighted by Gasteiger charge is -2.22. The Morgan fingerprint density at radius 3 is 2.42 bits per heavy atom. The second-order valence-electron chi connectivity index (χ2n) is 5.67. The molecule has 0 unspecified atom stereocenters. The Balaban J connectivity index is 2.21. The quantitative estimate of drug-likeness (QED) is 0.838. The number of nitrogens with one attached hydrogen (secondary N) is 1. The van der Waals surface area contributed by atoms with Gasteiger partial charge in [0.2, 0.25) is 10.0 Å². The molecule has 0 fully saturated rings. The van der Waals surface area contributed by atoms with Crippen LogP contribution in [0.4, 0.5) is 5.69 Å². The summed E-state index contributed by atoms with van der Waals surface area (Å²) < 4.78 is 25.1. The number of benzene rings is 2. The number of nitrogens with zero attached hydrogens (tertiary/aromatic N) is 1. The average molecular weight is 346 g/mol.